The minimum atomic E-state index is 0.470. The second-order valence-corrected chi connectivity index (χ2v) is 5.24. The summed E-state index contributed by atoms with van der Waals surface area (Å²) in [5.74, 6) is 3.40. The van der Waals surface area contributed by atoms with Gasteiger partial charge in [-0.15, -0.1) is 0 Å². The molecule has 0 saturated carbocycles. The van der Waals surface area contributed by atoms with Crippen LogP contribution in [0.15, 0.2) is 47.1 Å². The maximum absolute atomic E-state index is 5.16. The van der Waals surface area contributed by atoms with Crippen LogP contribution >= 0.6 is 0 Å². The van der Waals surface area contributed by atoms with E-state index >= 15 is 0 Å². The van der Waals surface area contributed by atoms with E-state index in [0.29, 0.717) is 11.8 Å². The summed E-state index contributed by atoms with van der Waals surface area (Å²) in [4.78, 5) is 8.57. The van der Waals surface area contributed by atoms with Crippen LogP contribution in [0.4, 0.5) is 17.6 Å². The maximum atomic E-state index is 5.16. The van der Waals surface area contributed by atoms with Crippen LogP contribution in [0.1, 0.15) is 11.3 Å². The average Bonchev–Trinajstić information content (AvgIpc) is 3.01. The fourth-order valence-corrected chi connectivity index (χ4v) is 2.18. The summed E-state index contributed by atoms with van der Waals surface area (Å²) in [6.45, 7) is 2.60. The molecule has 24 heavy (non-hydrogen) atoms. The van der Waals surface area contributed by atoms with Gasteiger partial charge in [-0.1, -0.05) is 17.3 Å². The molecule has 1 aromatic carbocycles. The first-order valence-corrected chi connectivity index (χ1v) is 7.63. The van der Waals surface area contributed by atoms with Gasteiger partial charge in [0.25, 0.3) is 0 Å². The van der Waals surface area contributed by atoms with Crippen LogP contribution in [0.25, 0.3) is 0 Å². The average molecular weight is 325 g/mol. The Morgan fingerprint density at radius 3 is 2.67 bits per heavy atom. The fraction of sp³-hybridized carbons (Fsp3) is 0.235. The van der Waals surface area contributed by atoms with E-state index < -0.39 is 0 Å². The predicted octanol–water partition coefficient (Wildman–Crippen LogP) is 3.18. The summed E-state index contributed by atoms with van der Waals surface area (Å²) < 4.78 is 10.2. The SMILES string of the molecule is COc1ccc(CCNc2ccnc(Nc3cc(C)on3)n2)cc1. The van der Waals surface area contributed by atoms with E-state index in [1.165, 1.54) is 5.56 Å². The van der Waals surface area contributed by atoms with E-state index in [4.69, 9.17) is 9.26 Å². The predicted molar refractivity (Wildman–Crippen MR) is 91.7 cm³/mol. The molecular formula is C17H19N5O2. The lowest BCUT2D eigenvalue weighted by Gasteiger charge is -2.07. The molecule has 3 aromatic rings. The number of hydrogen-bond acceptors (Lipinski definition) is 7. The highest BCUT2D eigenvalue weighted by atomic mass is 16.5. The Balaban J connectivity index is 1.54. The summed E-state index contributed by atoms with van der Waals surface area (Å²) in [5.41, 5.74) is 1.23. The first-order valence-electron chi connectivity index (χ1n) is 7.63. The third-order valence-corrected chi connectivity index (χ3v) is 3.40. The Morgan fingerprint density at radius 2 is 1.96 bits per heavy atom. The lowest BCUT2D eigenvalue weighted by Crippen LogP contribution is -2.07. The van der Waals surface area contributed by atoms with Crippen molar-refractivity contribution >= 4 is 17.6 Å². The topological polar surface area (TPSA) is 85.1 Å². The molecule has 0 aliphatic carbocycles. The van der Waals surface area contributed by atoms with Gasteiger partial charge in [0.1, 0.15) is 17.3 Å². The van der Waals surface area contributed by atoms with Crippen molar-refractivity contribution in [1.82, 2.24) is 15.1 Å². The summed E-state index contributed by atoms with van der Waals surface area (Å²) in [7, 11) is 1.66. The number of aromatic nitrogens is 3. The standard InChI is InChI=1S/C17H19N5O2/c1-12-11-16(22-24-12)21-17-19-10-8-15(20-17)18-9-7-13-3-5-14(23-2)6-4-13/h3-6,8,10-11H,7,9H2,1-2H3,(H2,18,19,20,21,22). The van der Waals surface area contributed by atoms with Crippen LogP contribution in [0, 0.1) is 6.92 Å². The van der Waals surface area contributed by atoms with Crippen molar-refractivity contribution < 1.29 is 9.26 Å². The second-order valence-electron chi connectivity index (χ2n) is 5.24. The Morgan fingerprint density at radius 1 is 1.12 bits per heavy atom. The minimum Gasteiger partial charge on any atom is -0.497 e. The van der Waals surface area contributed by atoms with E-state index in [1.807, 2.05) is 25.1 Å². The molecule has 0 aliphatic heterocycles. The summed E-state index contributed by atoms with van der Waals surface area (Å²) >= 11 is 0. The van der Waals surface area contributed by atoms with Gasteiger partial charge >= 0.3 is 0 Å². The number of aryl methyl sites for hydroxylation is 1. The lowest BCUT2D eigenvalue weighted by atomic mass is 10.1. The summed E-state index contributed by atoms with van der Waals surface area (Å²) in [6, 6.07) is 11.6. The largest absolute Gasteiger partial charge is 0.497 e. The number of nitrogens with zero attached hydrogens (tertiary/aromatic N) is 3. The molecule has 2 N–H and O–H groups in total. The van der Waals surface area contributed by atoms with E-state index in [2.05, 4.69) is 37.9 Å². The van der Waals surface area contributed by atoms with Crippen LogP contribution in [0.2, 0.25) is 0 Å². The molecular weight excluding hydrogens is 306 g/mol. The number of benzene rings is 1. The van der Waals surface area contributed by atoms with Crippen molar-refractivity contribution in [3.63, 3.8) is 0 Å². The number of ether oxygens (including phenoxy) is 1. The summed E-state index contributed by atoms with van der Waals surface area (Å²) in [5, 5.41) is 10.2. The van der Waals surface area contributed by atoms with Gasteiger partial charge in [-0.05, 0) is 37.1 Å². The molecule has 0 atom stereocenters. The van der Waals surface area contributed by atoms with E-state index in [1.54, 1.807) is 19.4 Å². The molecule has 3 rings (SSSR count). The van der Waals surface area contributed by atoms with Gasteiger partial charge in [0.2, 0.25) is 5.95 Å². The minimum absolute atomic E-state index is 0.470. The number of anilines is 3. The number of methoxy groups -OCH3 is 1. The first-order chi connectivity index (χ1) is 11.7. The van der Waals surface area contributed by atoms with Gasteiger partial charge in [0.05, 0.1) is 7.11 Å². The number of hydrogen-bond donors (Lipinski definition) is 2. The molecule has 0 radical (unpaired) electrons. The van der Waals surface area contributed by atoms with E-state index in [-0.39, 0.29) is 0 Å². The second kappa shape index (κ2) is 7.45. The van der Waals surface area contributed by atoms with Crippen molar-refractivity contribution in [2.45, 2.75) is 13.3 Å². The van der Waals surface area contributed by atoms with Crippen LogP contribution in [0.3, 0.4) is 0 Å². The van der Waals surface area contributed by atoms with Crippen LogP contribution in [-0.2, 0) is 6.42 Å². The molecule has 0 unspecified atom stereocenters. The van der Waals surface area contributed by atoms with Crippen molar-refractivity contribution in [1.29, 1.82) is 0 Å². The number of nitrogens with one attached hydrogen (secondary N) is 2. The molecule has 0 fully saturated rings. The molecule has 0 spiro atoms. The molecule has 0 aliphatic rings. The van der Waals surface area contributed by atoms with Crippen LogP contribution in [-0.4, -0.2) is 28.8 Å². The van der Waals surface area contributed by atoms with Gasteiger partial charge in [0, 0.05) is 18.8 Å². The monoisotopic (exact) mass is 325 g/mol. The maximum Gasteiger partial charge on any atom is 0.230 e. The van der Waals surface area contributed by atoms with E-state index in [0.717, 1.165) is 30.3 Å². The van der Waals surface area contributed by atoms with Gasteiger partial charge < -0.3 is 19.9 Å². The molecule has 0 amide bonds. The van der Waals surface area contributed by atoms with E-state index in [9.17, 15) is 0 Å². The normalized spacial score (nSPS) is 10.4. The lowest BCUT2D eigenvalue weighted by molar-refractivity contribution is 0.400. The van der Waals surface area contributed by atoms with Crippen LogP contribution < -0.4 is 15.4 Å². The molecule has 124 valence electrons. The van der Waals surface area contributed by atoms with Crippen molar-refractivity contribution in [2.24, 2.45) is 0 Å². The van der Waals surface area contributed by atoms with Crippen molar-refractivity contribution in [3.8, 4) is 5.75 Å². The zero-order chi connectivity index (χ0) is 16.8. The smallest absolute Gasteiger partial charge is 0.230 e. The highest BCUT2D eigenvalue weighted by Gasteiger charge is 2.04. The van der Waals surface area contributed by atoms with Gasteiger partial charge in [-0.25, -0.2) is 4.98 Å². The number of rotatable bonds is 7. The molecule has 0 bridgehead atoms. The highest BCUT2D eigenvalue weighted by Crippen LogP contribution is 2.14. The molecule has 7 nitrogen and oxygen atoms in total. The Bertz CT molecular complexity index is 786. The first kappa shape index (κ1) is 15.8. The Hall–Kier alpha value is -3.09. The fourth-order valence-electron chi connectivity index (χ4n) is 2.18. The summed E-state index contributed by atoms with van der Waals surface area (Å²) in [6.07, 6.45) is 2.58. The van der Waals surface area contributed by atoms with Gasteiger partial charge in [-0.3, -0.25) is 0 Å². The zero-order valence-corrected chi connectivity index (χ0v) is 13.6. The molecule has 2 heterocycles. The van der Waals surface area contributed by atoms with Crippen molar-refractivity contribution in [3.05, 3.63) is 53.9 Å². The quantitative estimate of drug-likeness (QED) is 0.690. The Kier molecular flexibility index (Phi) is 4.90. The highest BCUT2D eigenvalue weighted by molar-refractivity contribution is 5.49. The molecule has 0 saturated heterocycles. The molecule has 7 heteroatoms. The third-order valence-electron chi connectivity index (χ3n) is 3.40. The van der Waals surface area contributed by atoms with Crippen molar-refractivity contribution in [2.75, 3.05) is 24.3 Å². The van der Waals surface area contributed by atoms with Gasteiger partial charge in [0.15, 0.2) is 5.82 Å². The van der Waals surface area contributed by atoms with Crippen LogP contribution in [0.5, 0.6) is 5.75 Å². The zero-order valence-electron chi connectivity index (χ0n) is 13.6. The van der Waals surface area contributed by atoms with Gasteiger partial charge in [-0.2, -0.15) is 4.98 Å². The molecule has 2 aromatic heterocycles. The third kappa shape index (κ3) is 4.22. The Labute approximate surface area is 140 Å².